The lowest BCUT2D eigenvalue weighted by Gasteiger charge is -2.12. The molecular weight excluding hydrogens is 444 g/mol. The molecule has 0 aliphatic heterocycles. The lowest BCUT2D eigenvalue weighted by Crippen LogP contribution is -2.27. The lowest BCUT2D eigenvalue weighted by molar-refractivity contribution is -0.116. The Kier molecular flexibility index (Phi) is 5.38. The van der Waals surface area contributed by atoms with Crippen LogP contribution in [0.2, 0.25) is 0 Å². The van der Waals surface area contributed by atoms with Gasteiger partial charge in [0.15, 0.2) is 0 Å². The van der Waals surface area contributed by atoms with Crippen LogP contribution in [0.15, 0.2) is 82.2 Å². The van der Waals surface area contributed by atoms with Crippen molar-refractivity contribution >= 4 is 22.5 Å². The number of fused-ring (bicyclic) bond motifs is 1. The summed E-state index contributed by atoms with van der Waals surface area (Å²) in [5.74, 6) is -1.88. The van der Waals surface area contributed by atoms with Crippen LogP contribution in [0, 0.1) is 11.6 Å². The number of nitrogens with zero attached hydrogens (tertiary/aromatic N) is 4. The number of hydrogen-bond donors (Lipinski definition) is 1. The molecule has 168 valence electrons. The Labute approximate surface area is 190 Å². The second kappa shape index (κ2) is 8.66. The molecule has 0 unspecified atom stereocenters. The van der Waals surface area contributed by atoms with Crippen LogP contribution in [0.5, 0.6) is 0 Å². The van der Waals surface area contributed by atoms with Crippen LogP contribution in [-0.4, -0.2) is 25.6 Å². The van der Waals surface area contributed by atoms with E-state index in [1.807, 2.05) is 0 Å². The van der Waals surface area contributed by atoms with E-state index in [4.69, 9.17) is 4.52 Å². The summed E-state index contributed by atoms with van der Waals surface area (Å²) in [4.78, 5) is 34.1. The highest BCUT2D eigenvalue weighted by Crippen LogP contribution is 2.27. The van der Waals surface area contributed by atoms with Gasteiger partial charge in [-0.1, -0.05) is 29.4 Å². The first kappa shape index (κ1) is 21.1. The molecule has 0 spiro atoms. The Bertz CT molecular complexity index is 1560. The van der Waals surface area contributed by atoms with Gasteiger partial charge in [-0.2, -0.15) is 4.98 Å². The monoisotopic (exact) mass is 459 g/mol. The molecule has 10 heteroatoms. The highest BCUT2D eigenvalue weighted by molar-refractivity contribution is 5.95. The number of pyridine rings is 2. The third-order valence-electron chi connectivity index (χ3n) is 5.02. The minimum Gasteiger partial charge on any atom is -0.334 e. The number of anilines is 1. The normalized spacial score (nSPS) is 11.0. The zero-order chi connectivity index (χ0) is 23.7. The van der Waals surface area contributed by atoms with Crippen LogP contribution in [0.25, 0.3) is 33.9 Å². The van der Waals surface area contributed by atoms with Crippen molar-refractivity contribution in [3.8, 4) is 23.0 Å². The molecule has 0 fully saturated rings. The van der Waals surface area contributed by atoms with Gasteiger partial charge < -0.3 is 9.84 Å². The van der Waals surface area contributed by atoms with Crippen LogP contribution >= 0.6 is 0 Å². The van der Waals surface area contributed by atoms with Gasteiger partial charge in [-0.15, -0.1) is 0 Å². The fourth-order valence-electron chi connectivity index (χ4n) is 3.58. The van der Waals surface area contributed by atoms with Crippen molar-refractivity contribution in [3.63, 3.8) is 0 Å². The maximum Gasteiger partial charge on any atom is 0.259 e. The molecule has 0 radical (unpaired) electrons. The summed E-state index contributed by atoms with van der Waals surface area (Å²) in [6, 6.07) is 16.2. The topological polar surface area (TPSA) is 103 Å². The number of nitrogens with one attached hydrogen (secondary N) is 1. The number of halogens is 2. The first-order chi connectivity index (χ1) is 16.5. The molecule has 0 saturated heterocycles. The van der Waals surface area contributed by atoms with E-state index in [1.165, 1.54) is 10.6 Å². The van der Waals surface area contributed by atoms with Gasteiger partial charge in [-0.3, -0.25) is 19.1 Å². The Hall–Kier alpha value is -4.73. The van der Waals surface area contributed by atoms with Crippen LogP contribution in [-0.2, 0) is 11.3 Å². The molecule has 34 heavy (non-hydrogen) atoms. The summed E-state index contributed by atoms with van der Waals surface area (Å²) in [6.45, 7) is -0.374. The second-order valence-corrected chi connectivity index (χ2v) is 7.34. The Morgan fingerprint density at radius 1 is 1.00 bits per heavy atom. The van der Waals surface area contributed by atoms with Gasteiger partial charge in [0.2, 0.25) is 11.7 Å². The molecule has 0 aliphatic rings. The highest BCUT2D eigenvalue weighted by Gasteiger charge is 2.18. The lowest BCUT2D eigenvalue weighted by atomic mass is 10.1. The van der Waals surface area contributed by atoms with Crippen molar-refractivity contribution < 1.29 is 18.1 Å². The van der Waals surface area contributed by atoms with Crippen LogP contribution in [0.4, 0.5) is 14.5 Å². The van der Waals surface area contributed by atoms with Crippen molar-refractivity contribution in [2.24, 2.45) is 0 Å². The maximum atomic E-state index is 13.4. The largest absolute Gasteiger partial charge is 0.334 e. The van der Waals surface area contributed by atoms with Gasteiger partial charge in [0.05, 0.1) is 11.1 Å². The number of benzene rings is 2. The average molecular weight is 459 g/mol. The van der Waals surface area contributed by atoms with Crippen molar-refractivity contribution in [1.29, 1.82) is 0 Å². The van der Waals surface area contributed by atoms with E-state index in [-0.39, 0.29) is 23.9 Å². The summed E-state index contributed by atoms with van der Waals surface area (Å²) in [5, 5.41) is 6.95. The second-order valence-electron chi connectivity index (χ2n) is 7.34. The molecule has 3 aromatic heterocycles. The average Bonchev–Trinajstić information content (AvgIpc) is 3.31. The first-order valence-corrected chi connectivity index (χ1v) is 10.1. The van der Waals surface area contributed by atoms with E-state index in [2.05, 4.69) is 20.4 Å². The zero-order valence-electron chi connectivity index (χ0n) is 17.4. The minimum absolute atomic E-state index is 0.0515. The predicted molar refractivity (Wildman–Crippen MR) is 120 cm³/mol. The third-order valence-corrected chi connectivity index (χ3v) is 5.02. The molecule has 0 atom stereocenters. The van der Waals surface area contributed by atoms with E-state index in [9.17, 15) is 18.4 Å². The molecular formula is C24H15F2N5O3. The number of hydrogen-bond acceptors (Lipinski definition) is 6. The van der Waals surface area contributed by atoms with Gasteiger partial charge in [-0.05, 0) is 30.3 Å². The molecule has 8 nitrogen and oxygen atoms in total. The summed E-state index contributed by atoms with van der Waals surface area (Å²) in [6.07, 6.45) is 1.60. The van der Waals surface area contributed by atoms with Gasteiger partial charge in [-0.25, -0.2) is 8.78 Å². The van der Waals surface area contributed by atoms with E-state index >= 15 is 0 Å². The predicted octanol–water partition coefficient (Wildman–Crippen LogP) is 4.03. The highest BCUT2D eigenvalue weighted by atomic mass is 19.1. The summed E-state index contributed by atoms with van der Waals surface area (Å²) < 4.78 is 33.5. The van der Waals surface area contributed by atoms with Gasteiger partial charge in [0.25, 0.3) is 11.4 Å². The molecule has 0 aliphatic carbocycles. The fourth-order valence-corrected chi connectivity index (χ4v) is 3.58. The number of amides is 1. The van der Waals surface area contributed by atoms with E-state index in [1.54, 1.807) is 48.7 Å². The number of para-hydroxylation sites is 1. The molecule has 1 amide bonds. The van der Waals surface area contributed by atoms with Gasteiger partial charge in [0, 0.05) is 29.4 Å². The zero-order valence-corrected chi connectivity index (χ0v) is 17.4. The number of rotatable bonds is 5. The van der Waals surface area contributed by atoms with Crippen molar-refractivity contribution in [2.45, 2.75) is 6.54 Å². The van der Waals surface area contributed by atoms with Gasteiger partial charge in [0.1, 0.15) is 23.9 Å². The number of aromatic nitrogens is 4. The molecule has 3 heterocycles. The fraction of sp³-hybridized carbons (Fsp3) is 0.0417. The van der Waals surface area contributed by atoms with Gasteiger partial charge >= 0.3 is 0 Å². The van der Waals surface area contributed by atoms with Crippen molar-refractivity contribution in [1.82, 2.24) is 19.7 Å². The first-order valence-electron chi connectivity index (χ1n) is 10.1. The van der Waals surface area contributed by atoms with E-state index in [0.717, 1.165) is 12.1 Å². The summed E-state index contributed by atoms with van der Waals surface area (Å²) in [5.41, 5.74) is 0.819. The minimum atomic E-state index is -0.827. The smallest absolute Gasteiger partial charge is 0.259 e. The molecule has 1 N–H and O–H groups in total. The van der Waals surface area contributed by atoms with Crippen LogP contribution in [0.1, 0.15) is 0 Å². The van der Waals surface area contributed by atoms with Crippen LogP contribution in [0.3, 0.4) is 0 Å². The molecule has 2 aromatic carbocycles. The quantitative estimate of drug-likeness (QED) is 0.426. The summed E-state index contributed by atoms with van der Waals surface area (Å²) >= 11 is 0. The molecule has 0 saturated carbocycles. The van der Waals surface area contributed by atoms with E-state index < -0.39 is 23.1 Å². The number of carbonyl (C=O) groups excluding carboxylic acids is 1. The van der Waals surface area contributed by atoms with Crippen molar-refractivity contribution in [3.05, 3.63) is 94.9 Å². The molecule has 0 bridgehead atoms. The van der Waals surface area contributed by atoms with Crippen molar-refractivity contribution in [2.75, 3.05) is 5.32 Å². The Morgan fingerprint density at radius 3 is 2.53 bits per heavy atom. The maximum absolute atomic E-state index is 13.4. The summed E-state index contributed by atoms with van der Waals surface area (Å²) in [7, 11) is 0. The SMILES string of the molecule is O=C(Cn1c(=O)cc(-c2nc(-c3ccccn3)no2)c2ccccc21)Nc1cc(F)cc(F)c1. The third kappa shape index (κ3) is 4.16. The molecule has 5 rings (SSSR count). The number of carbonyl (C=O) groups is 1. The van der Waals surface area contributed by atoms with Crippen LogP contribution < -0.4 is 10.9 Å². The Balaban J connectivity index is 1.50. The standard InChI is InChI=1S/C24H15F2N5O3/c25-14-9-15(26)11-16(10-14)28-21(32)13-31-20-7-2-1-5-17(20)18(12-22(31)33)24-29-23(30-34-24)19-6-3-4-8-27-19/h1-12H,13H2,(H,28,32). The van der Waals surface area contributed by atoms with E-state index in [0.29, 0.717) is 28.2 Å². The molecule has 5 aromatic rings. The Morgan fingerprint density at radius 2 is 1.76 bits per heavy atom.